The van der Waals surface area contributed by atoms with Crippen molar-refractivity contribution in [3.05, 3.63) is 71.5 Å². The SMILES string of the molecule is Cc1c(C(=O)O)cccc1C(=O)O.c1ccc2occc2c1. The van der Waals surface area contributed by atoms with Gasteiger partial charge in [0.05, 0.1) is 17.4 Å². The number of aromatic carboxylic acids is 2. The molecule has 0 aliphatic heterocycles. The summed E-state index contributed by atoms with van der Waals surface area (Å²) < 4.78 is 5.12. The van der Waals surface area contributed by atoms with Gasteiger partial charge in [0.2, 0.25) is 0 Å². The fourth-order valence-electron chi connectivity index (χ4n) is 2.01. The first-order valence-electron chi connectivity index (χ1n) is 6.49. The van der Waals surface area contributed by atoms with Gasteiger partial charge in [0.1, 0.15) is 5.58 Å². The standard InChI is InChI=1S/C9H8O4.C8H6O/c1-5-6(8(10)11)3-2-4-7(5)9(12)13;1-2-4-8-7(3-1)5-6-9-8/h2-4H,1H3,(H,10,11)(H,12,13);1-6H. The molecule has 0 amide bonds. The van der Waals surface area contributed by atoms with E-state index in [1.165, 1.54) is 25.1 Å². The van der Waals surface area contributed by atoms with Crippen LogP contribution in [0.1, 0.15) is 26.3 Å². The lowest BCUT2D eigenvalue weighted by atomic mass is 10.0. The minimum Gasteiger partial charge on any atom is -0.478 e. The Kier molecular flexibility index (Phi) is 4.58. The maximum atomic E-state index is 10.6. The van der Waals surface area contributed by atoms with Gasteiger partial charge in [-0.2, -0.15) is 0 Å². The van der Waals surface area contributed by atoms with Crippen molar-refractivity contribution in [3.8, 4) is 0 Å². The van der Waals surface area contributed by atoms with Crippen molar-refractivity contribution in [1.29, 1.82) is 0 Å². The summed E-state index contributed by atoms with van der Waals surface area (Å²) in [6, 6.07) is 14.1. The van der Waals surface area contributed by atoms with E-state index in [-0.39, 0.29) is 16.7 Å². The van der Waals surface area contributed by atoms with E-state index in [4.69, 9.17) is 14.6 Å². The van der Waals surface area contributed by atoms with E-state index < -0.39 is 11.9 Å². The molecule has 0 fully saturated rings. The maximum Gasteiger partial charge on any atom is 0.335 e. The first-order valence-corrected chi connectivity index (χ1v) is 6.49. The van der Waals surface area contributed by atoms with Gasteiger partial charge in [0.25, 0.3) is 0 Å². The Morgan fingerprint density at radius 3 is 2.00 bits per heavy atom. The average Bonchev–Trinajstić information content (AvgIpc) is 2.96. The van der Waals surface area contributed by atoms with Gasteiger partial charge in [0.15, 0.2) is 0 Å². The molecular weight excluding hydrogens is 284 g/mol. The van der Waals surface area contributed by atoms with Crippen LogP contribution < -0.4 is 0 Å². The number of fused-ring (bicyclic) bond motifs is 1. The summed E-state index contributed by atoms with van der Waals surface area (Å²) in [5.41, 5.74) is 1.29. The van der Waals surface area contributed by atoms with E-state index >= 15 is 0 Å². The van der Waals surface area contributed by atoms with Crippen LogP contribution in [-0.2, 0) is 0 Å². The number of carboxylic acids is 2. The van der Waals surface area contributed by atoms with Gasteiger partial charge in [-0.1, -0.05) is 24.3 Å². The molecule has 0 spiro atoms. The van der Waals surface area contributed by atoms with Crippen molar-refractivity contribution in [3.63, 3.8) is 0 Å². The van der Waals surface area contributed by atoms with Crippen LogP contribution in [0.25, 0.3) is 11.0 Å². The Bertz CT molecular complexity index is 754. The molecule has 3 aromatic rings. The number of para-hydroxylation sites is 1. The first kappa shape index (κ1) is 15.3. The third-order valence-corrected chi connectivity index (χ3v) is 3.16. The number of benzene rings is 2. The molecule has 0 bridgehead atoms. The van der Waals surface area contributed by atoms with Gasteiger partial charge in [-0.25, -0.2) is 9.59 Å². The monoisotopic (exact) mass is 298 g/mol. The minimum atomic E-state index is -1.11. The topological polar surface area (TPSA) is 87.7 Å². The number of rotatable bonds is 2. The number of furan rings is 1. The van der Waals surface area contributed by atoms with Crippen LogP contribution in [0.15, 0.2) is 59.2 Å². The normalized spacial score (nSPS) is 9.86. The van der Waals surface area contributed by atoms with E-state index in [9.17, 15) is 9.59 Å². The van der Waals surface area contributed by atoms with Crippen molar-refractivity contribution >= 4 is 22.9 Å². The van der Waals surface area contributed by atoms with Crippen LogP contribution in [0.4, 0.5) is 0 Å². The Balaban J connectivity index is 0.000000170. The fraction of sp³-hybridized carbons (Fsp3) is 0.0588. The average molecular weight is 298 g/mol. The van der Waals surface area contributed by atoms with Crippen LogP contribution in [0, 0.1) is 6.92 Å². The second-order valence-corrected chi connectivity index (χ2v) is 4.55. The second kappa shape index (κ2) is 6.58. The van der Waals surface area contributed by atoms with E-state index in [1.807, 2.05) is 30.3 Å². The van der Waals surface area contributed by atoms with Gasteiger partial charge in [-0.05, 0) is 36.8 Å². The van der Waals surface area contributed by atoms with Gasteiger partial charge >= 0.3 is 11.9 Å². The largest absolute Gasteiger partial charge is 0.478 e. The van der Waals surface area contributed by atoms with Gasteiger partial charge in [-0.15, -0.1) is 0 Å². The smallest absolute Gasteiger partial charge is 0.335 e. The van der Waals surface area contributed by atoms with Gasteiger partial charge in [0, 0.05) is 5.39 Å². The molecular formula is C17H14O5. The third kappa shape index (κ3) is 3.32. The summed E-state index contributed by atoms with van der Waals surface area (Å²) >= 11 is 0. The Hall–Kier alpha value is -3.08. The molecule has 0 aliphatic carbocycles. The molecule has 22 heavy (non-hydrogen) atoms. The molecule has 1 aromatic heterocycles. The molecule has 5 nitrogen and oxygen atoms in total. The van der Waals surface area contributed by atoms with Crippen LogP contribution in [0.2, 0.25) is 0 Å². The Morgan fingerprint density at radius 2 is 1.45 bits per heavy atom. The van der Waals surface area contributed by atoms with Crippen molar-refractivity contribution < 1.29 is 24.2 Å². The summed E-state index contributed by atoms with van der Waals surface area (Å²) in [5, 5.41) is 18.5. The lowest BCUT2D eigenvalue weighted by Crippen LogP contribution is -2.06. The highest BCUT2D eigenvalue weighted by atomic mass is 16.4. The van der Waals surface area contributed by atoms with E-state index in [0.717, 1.165) is 11.0 Å². The van der Waals surface area contributed by atoms with E-state index in [2.05, 4.69) is 0 Å². The molecule has 0 aliphatic rings. The van der Waals surface area contributed by atoms with Gasteiger partial charge in [-0.3, -0.25) is 0 Å². The van der Waals surface area contributed by atoms with E-state index in [0.29, 0.717) is 0 Å². The highest BCUT2D eigenvalue weighted by Crippen LogP contribution is 2.14. The molecule has 0 radical (unpaired) electrons. The summed E-state index contributed by atoms with van der Waals surface area (Å²) in [5.74, 6) is -2.22. The number of hydrogen-bond donors (Lipinski definition) is 2. The molecule has 112 valence electrons. The van der Waals surface area contributed by atoms with Crippen LogP contribution in [0.3, 0.4) is 0 Å². The Labute approximate surface area is 126 Å². The van der Waals surface area contributed by atoms with Gasteiger partial charge < -0.3 is 14.6 Å². The molecule has 2 aromatic carbocycles. The molecule has 5 heteroatoms. The maximum absolute atomic E-state index is 10.6. The summed E-state index contributed by atoms with van der Waals surface area (Å²) in [6.07, 6.45) is 1.70. The molecule has 0 saturated carbocycles. The lowest BCUT2D eigenvalue weighted by Gasteiger charge is -2.03. The molecule has 0 saturated heterocycles. The van der Waals surface area contributed by atoms with Crippen LogP contribution >= 0.6 is 0 Å². The van der Waals surface area contributed by atoms with E-state index in [1.54, 1.807) is 6.26 Å². The van der Waals surface area contributed by atoms with Crippen molar-refractivity contribution in [2.24, 2.45) is 0 Å². The second-order valence-electron chi connectivity index (χ2n) is 4.55. The molecule has 3 rings (SSSR count). The highest BCUT2D eigenvalue weighted by Gasteiger charge is 2.13. The first-order chi connectivity index (χ1) is 10.5. The summed E-state index contributed by atoms with van der Waals surface area (Å²) in [7, 11) is 0. The number of hydrogen-bond acceptors (Lipinski definition) is 3. The zero-order valence-corrected chi connectivity index (χ0v) is 11.8. The molecule has 1 heterocycles. The Morgan fingerprint density at radius 1 is 0.864 bits per heavy atom. The summed E-state index contributed by atoms with van der Waals surface area (Å²) in [6.45, 7) is 1.48. The van der Waals surface area contributed by atoms with Crippen molar-refractivity contribution in [2.75, 3.05) is 0 Å². The highest BCUT2D eigenvalue weighted by molar-refractivity contribution is 5.96. The number of carboxylic acid groups (broad SMARTS) is 2. The summed E-state index contributed by atoms with van der Waals surface area (Å²) in [4.78, 5) is 21.2. The predicted molar refractivity (Wildman–Crippen MR) is 81.3 cm³/mol. The fourth-order valence-corrected chi connectivity index (χ4v) is 2.01. The zero-order valence-electron chi connectivity index (χ0n) is 11.8. The zero-order chi connectivity index (χ0) is 16.1. The molecule has 0 unspecified atom stereocenters. The molecule has 2 N–H and O–H groups in total. The minimum absolute atomic E-state index is 0.0277. The van der Waals surface area contributed by atoms with Crippen molar-refractivity contribution in [1.82, 2.24) is 0 Å². The van der Waals surface area contributed by atoms with Crippen LogP contribution in [0.5, 0.6) is 0 Å². The predicted octanol–water partition coefficient (Wildman–Crippen LogP) is 3.82. The third-order valence-electron chi connectivity index (χ3n) is 3.16. The van der Waals surface area contributed by atoms with Crippen LogP contribution in [-0.4, -0.2) is 22.2 Å². The lowest BCUT2D eigenvalue weighted by molar-refractivity contribution is 0.0696. The van der Waals surface area contributed by atoms with Crippen molar-refractivity contribution in [2.45, 2.75) is 6.92 Å². The molecule has 0 atom stereocenters. The quantitative estimate of drug-likeness (QED) is 0.750. The number of carbonyl (C=O) groups is 2.